The third kappa shape index (κ3) is 8.99. The summed E-state index contributed by atoms with van der Waals surface area (Å²) in [6, 6.07) is 0.383. The van der Waals surface area contributed by atoms with Crippen molar-refractivity contribution in [3.05, 3.63) is 0 Å². The summed E-state index contributed by atoms with van der Waals surface area (Å²) < 4.78 is 0. The van der Waals surface area contributed by atoms with Gasteiger partial charge in [0.25, 0.3) is 0 Å². The van der Waals surface area contributed by atoms with E-state index in [0.29, 0.717) is 25.6 Å². The van der Waals surface area contributed by atoms with Crippen molar-refractivity contribution in [2.24, 2.45) is 5.73 Å². The minimum absolute atomic E-state index is 0.0561. The van der Waals surface area contributed by atoms with E-state index in [4.69, 9.17) is 5.73 Å². The molecule has 82 valence electrons. The minimum Gasteiger partial charge on any atom is -0.370 e. The molecule has 0 spiro atoms. The predicted molar refractivity (Wildman–Crippen MR) is 54.6 cm³/mol. The zero-order chi connectivity index (χ0) is 11.0. The molecule has 0 rings (SSSR count). The van der Waals surface area contributed by atoms with Gasteiger partial charge in [-0.25, -0.2) is 0 Å². The van der Waals surface area contributed by atoms with Crippen LogP contribution in [0.2, 0.25) is 0 Å². The number of carbonyl (C=O) groups is 2. The van der Waals surface area contributed by atoms with Gasteiger partial charge in [0.05, 0.1) is 0 Å². The highest BCUT2D eigenvalue weighted by Crippen LogP contribution is 1.82. The Morgan fingerprint density at radius 2 is 1.86 bits per heavy atom. The molecule has 0 heterocycles. The fourth-order valence-corrected chi connectivity index (χ4v) is 0.888. The lowest BCUT2D eigenvalue weighted by Gasteiger charge is -2.07. The molecule has 0 aromatic rings. The zero-order valence-corrected chi connectivity index (χ0v) is 8.80. The van der Waals surface area contributed by atoms with Crippen LogP contribution in [0.3, 0.4) is 0 Å². The number of hydrogen-bond acceptors (Lipinski definition) is 3. The molecule has 0 aliphatic carbocycles. The highest BCUT2D eigenvalue weighted by Gasteiger charge is 2.01. The molecular weight excluding hydrogens is 182 g/mol. The summed E-state index contributed by atoms with van der Waals surface area (Å²) >= 11 is 0. The van der Waals surface area contributed by atoms with Gasteiger partial charge < -0.3 is 16.4 Å². The van der Waals surface area contributed by atoms with Crippen molar-refractivity contribution in [1.82, 2.24) is 10.6 Å². The van der Waals surface area contributed by atoms with E-state index >= 15 is 0 Å². The Balaban J connectivity index is 3.33. The van der Waals surface area contributed by atoms with Crippen LogP contribution in [0.15, 0.2) is 0 Å². The van der Waals surface area contributed by atoms with Gasteiger partial charge >= 0.3 is 0 Å². The van der Waals surface area contributed by atoms with Gasteiger partial charge in [-0.05, 0) is 0 Å². The van der Waals surface area contributed by atoms with Gasteiger partial charge in [0.1, 0.15) is 0 Å². The lowest BCUT2D eigenvalue weighted by atomic mass is 10.3. The molecule has 0 saturated heterocycles. The summed E-state index contributed by atoms with van der Waals surface area (Å²) in [6.07, 6.45) is 0.625. The average Bonchev–Trinajstić information content (AvgIpc) is 2.02. The van der Waals surface area contributed by atoms with Crippen molar-refractivity contribution < 1.29 is 9.59 Å². The number of nitrogens with two attached hydrogens (primary N) is 1. The van der Waals surface area contributed by atoms with E-state index in [1.807, 2.05) is 13.8 Å². The molecule has 0 atom stereocenters. The van der Waals surface area contributed by atoms with Gasteiger partial charge in [-0.1, -0.05) is 13.8 Å². The van der Waals surface area contributed by atoms with Gasteiger partial charge in [-0.3, -0.25) is 9.59 Å². The van der Waals surface area contributed by atoms with E-state index in [1.54, 1.807) is 0 Å². The molecule has 0 unspecified atom stereocenters. The topological polar surface area (TPSA) is 84.2 Å². The molecular formula is C9H19N3O2. The fraction of sp³-hybridized carbons (Fsp3) is 0.778. The number of amides is 2. The molecule has 4 N–H and O–H groups in total. The Hall–Kier alpha value is -1.10. The summed E-state index contributed by atoms with van der Waals surface area (Å²) in [6.45, 7) is 5.02. The number of rotatable bonds is 7. The van der Waals surface area contributed by atoms with E-state index in [0.717, 1.165) is 0 Å². The molecule has 0 radical (unpaired) electrons. The summed E-state index contributed by atoms with van der Waals surface area (Å²) in [5.41, 5.74) is 4.92. The Morgan fingerprint density at radius 3 is 2.36 bits per heavy atom. The second kappa shape index (κ2) is 7.32. The van der Waals surface area contributed by atoms with E-state index < -0.39 is 5.91 Å². The highest BCUT2D eigenvalue weighted by molar-refractivity contribution is 5.78. The number of hydrogen-bond donors (Lipinski definition) is 3. The standard InChI is InChI=1S/C9H19N3O2/c1-7(2)11-6-4-9(14)12-5-3-8(10)13/h7,11H,3-6H2,1-2H3,(H2,10,13)(H,12,14). The summed E-state index contributed by atoms with van der Waals surface area (Å²) in [5, 5.41) is 5.73. The molecule has 0 aliphatic rings. The van der Waals surface area contributed by atoms with E-state index in [2.05, 4.69) is 10.6 Å². The van der Waals surface area contributed by atoms with Crippen LogP contribution in [-0.4, -0.2) is 30.9 Å². The maximum absolute atomic E-state index is 11.1. The molecule has 14 heavy (non-hydrogen) atoms. The van der Waals surface area contributed by atoms with Crippen LogP contribution in [0.4, 0.5) is 0 Å². The van der Waals surface area contributed by atoms with Gasteiger partial charge in [0.15, 0.2) is 0 Å². The molecule has 2 amide bonds. The van der Waals surface area contributed by atoms with Crippen molar-refractivity contribution in [2.75, 3.05) is 13.1 Å². The van der Waals surface area contributed by atoms with Crippen molar-refractivity contribution in [1.29, 1.82) is 0 Å². The Bertz CT molecular complexity index is 192. The normalized spacial score (nSPS) is 10.2. The van der Waals surface area contributed by atoms with Crippen LogP contribution >= 0.6 is 0 Å². The molecule has 0 aromatic carbocycles. The van der Waals surface area contributed by atoms with Gasteiger partial charge in [-0.2, -0.15) is 0 Å². The van der Waals surface area contributed by atoms with E-state index in [1.165, 1.54) is 0 Å². The number of nitrogens with one attached hydrogen (secondary N) is 2. The zero-order valence-electron chi connectivity index (χ0n) is 8.80. The smallest absolute Gasteiger partial charge is 0.221 e. The van der Waals surface area contributed by atoms with Crippen LogP contribution in [0.25, 0.3) is 0 Å². The van der Waals surface area contributed by atoms with Crippen molar-refractivity contribution >= 4 is 11.8 Å². The van der Waals surface area contributed by atoms with Gasteiger partial charge in [0.2, 0.25) is 11.8 Å². The molecule has 0 aromatic heterocycles. The Labute approximate surface area is 84.4 Å². The second-order valence-corrected chi connectivity index (χ2v) is 3.43. The Morgan fingerprint density at radius 1 is 1.21 bits per heavy atom. The quantitative estimate of drug-likeness (QED) is 0.512. The molecule has 0 aliphatic heterocycles. The first-order valence-electron chi connectivity index (χ1n) is 4.80. The SMILES string of the molecule is CC(C)NCCC(=O)NCCC(N)=O. The Kier molecular flexibility index (Phi) is 6.74. The lowest BCUT2D eigenvalue weighted by molar-refractivity contribution is -0.121. The van der Waals surface area contributed by atoms with E-state index in [9.17, 15) is 9.59 Å². The van der Waals surface area contributed by atoms with Crippen LogP contribution < -0.4 is 16.4 Å². The monoisotopic (exact) mass is 201 g/mol. The van der Waals surface area contributed by atoms with Crippen molar-refractivity contribution in [2.45, 2.75) is 32.7 Å². The maximum Gasteiger partial charge on any atom is 0.221 e. The molecule has 0 bridgehead atoms. The molecule has 0 fully saturated rings. The first kappa shape index (κ1) is 12.9. The fourth-order valence-electron chi connectivity index (χ4n) is 0.888. The van der Waals surface area contributed by atoms with Crippen LogP contribution in [-0.2, 0) is 9.59 Å². The molecule has 5 nitrogen and oxygen atoms in total. The summed E-state index contributed by atoms with van der Waals surface area (Å²) in [7, 11) is 0. The predicted octanol–water partition coefficient (Wildman–Crippen LogP) is -0.634. The van der Waals surface area contributed by atoms with Crippen molar-refractivity contribution in [3.8, 4) is 0 Å². The largest absolute Gasteiger partial charge is 0.370 e. The summed E-state index contributed by atoms with van der Waals surface area (Å²) in [4.78, 5) is 21.4. The second-order valence-electron chi connectivity index (χ2n) is 3.43. The third-order valence-corrected chi connectivity index (χ3v) is 1.60. The van der Waals surface area contributed by atoms with Crippen molar-refractivity contribution in [3.63, 3.8) is 0 Å². The number of primary amides is 1. The van der Waals surface area contributed by atoms with Crippen LogP contribution in [0.1, 0.15) is 26.7 Å². The highest BCUT2D eigenvalue weighted by atomic mass is 16.2. The first-order chi connectivity index (χ1) is 6.52. The molecule has 5 heteroatoms. The minimum atomic E-state index is -0.398. The summed E-state index contributed by atoms with van der Waals surface area (Å²) in [5.74, 6) is -0.454. The van der Waals surface area contributed by atoms with E-state index in [-0.39, 0.29) is 12.3 Å². The number of carbonyl (C=O) groups excluding carboxylic acids is 2. The average molecular weight is 201 g/mol. The molecule has 0 saturated carbocycles. The first-order valence-corrected chi connectivity index (χ1v) is 4.80. The lowest BCUT2D eigenvalue weighted by Crippen LogP contribution is -2.32. The van der Waals surface area contributed by atoms with Gasteiger partial charge in [-0.15, -0.1) is 0 Å². The van der Waals surface area contributed by atoms with Crippen LogP contribution in [0.5, 0.6) is 0 Å². The van der Waals surface area contributed by atoms with Crippen LogP contribution in [0, 0.1) is 0 Å². The third-order valence-electron chi connectivity index (χ3n) is 1.60. The van der Waals surface area contributed by atoms with Gasteiger partial charge in [0, 0.05) is 32.0 Å². The maximum atomic E-state index is 11.1.